The zero-order valence-corrected chi connectivity index (χ0v) is 15.7. The molecule has 0 aliphatic carbocycles. The number of hydrogen-bond donors (Lipinski definition) is 1. The third-order valence-corrected chi connectivity index (χ3v) is 4.64. The summed E-state index contributed by atoms with van der Waals surface area (Å²) in [6.07, 6.45) is 1.84. The van der Waals surface area contributed by atoms with Gasteiger partial charge in [-0.2, -0.15) is 0 Å². The van der Waals surface area contributed by atoms with Gasteiger partial charge in [0.05, 0.1) is 18.9 Å². The van der Waals surface area contributed by atoms with Crippen LogP contribution in [0.5, 0.6) is 0 Å². The summed E-state index contributed by atoms with van der Waals surface area (Å²) in [6, 6.07) is 9.92. The second-order valence-corrected chi connectivity index (χ2v) is 6.48. The van der Waals surface area contributed by atoms with E-state index >= 15 is 0 Å². The minimum atomic E-state index is -0.414. The van der Waals surface area contributed by atoms with Crippen LogP contribution in [0.3, 0.4) is 0 Å². The van der Waals surface area contributed by atoms with Crippen molar-refractivity contribution < 1.29 is 23.5 Å². The number of carbonyl (C=O) groups excluding carboxylic acids is 3. The molecule has 0 radical (unpaired) electrons. The topological polar surface area (TPSA) is 92.1 Å². The number of piperazine rings is 1. The summed E-state index contributed by atoms with van der Waals surface area (Å²) < 4.78 is 9.80. The predicted octanol–water partition coefficient (Wildman–Crippen LogP) is 1.85. The van der Waals surface area contributed by atoms with E-state index in [0.717, 1.165) is 0 Å². The molecule has 148 valence electrons. The first-order chi connectivity index (χ1) is 13.6. The van der Waals surface area contributed by atoms with E-state index in [1.54, 1.807) is 41.3 Å². The zero-order valence-electron chi connectivity index (χ0n) is 15.7. The van der Waals surface area contributed by atoms with Crippen molar-refractivity contribution in [3.63, 3.8) is 0 Å². The van der Waals surface area contributed by atoms with Crippen LogP contribution in [0.15, 0.2) is 47.1 Å². The lowest BCUT2D eigenvalue weighted by molar-refractivity contribution is -0.116. The first kappa shape index (κ1) is 19.6. The summed E-state index contributed by atoms with van der Waals surface area (Å²) in [4.78, 5) is 39.7. The summed E-state index contributed by atoms with van der Waals surface area (Å²) in [5, 5.41) is 2.82. The fourth-order valence-electron chi connectivity index (χ4n) is 3.02. The molecule has 1 aliphatic rings. The van der Waals surface area contributed by atoms with Crippen LogP contribution in [0.25, 0.3) is 0 Å². The summed E-state index contributed by atoms with van der Waals surface area (Å²) >= 11 is 0. The number of methoxy groups -OCH3 is 1. The highest BCUT2D eigenvalue weighted by atomic mass is 16.5. The summed E-state index contributed by atoms with van der Waals surface area (Å²) in [6.45, 7) is 3.27. The highest BCUT2D eigenvalue weighted by molar-refractivity contribution is 5.93. The molecule has 1 N–H and O–H groups in total. The molecular formula is C20H23N3O5. The largest absolute Gasteiger partial charge is 0.465 e. The molecule has 1 aromatic heterocycles. The van der Waals surface area contributed by atoms with Gasteiger partial charge in [-0.25, -0.2) is 4.79 Å². The van der Waals surface area contributed by atoms with Crippen molar-refractivity contribution in [3.8, 4) is 0 Å². The van der Waals surface area contributed by atoms with Crippen LogP contribution in [0, 0.1) is 0 Å². The van der Waals surface area contributed by atoms with Crippen LogP contribution in [-0.2, 0) is 9.53 Å². The quantitative estimate of drug-likeness (QED) is 0.763. The number of esters is 1. The minimum Gasteiger partial charge on any atom is -0.465 e. The van der Waals surface area contributed by atoms with E-state index in [2.05, 4.69) is 15.0 Å². The van der Waals surface area contributed by atoms with Gasteiger partial charge in [-0.05, 0) is 36.4 Å². The summed E-state index contributed by atoms with van der Waals surface area (Å²) in [5.74, 6) is -0.258. The molecule has 1 aliphatic heterocycles. The minimum absolute atomic E-state index is 0.0973. The number of anilines is 1. The Balaban J connectivity index is 1.39. The number of amides is 2. The Kier molecular flexibility index (Phi) is 6.44. The second-order valence-electron chi connectivity index (χ2n) is 6.48. The Hall–Kier alpha value is -3.13. The van der Waals surface area contributed by atoms with Gasteiger partial charge in [0.2, 0.25) is 5.91 Å². The molecule has 1 aromatic carbocycles. The maximum Gasteiger partial charge on any atom is 0.337 e. The lowest BCUT2D eigenvalue weighted by Crippen LogP contribution is -2.49. The number of hydrogen-bond acceptors (Lipinski definition) is 6. The Labute approximate surface area is 163 Å². The number of carbonyl (C=O) groups is 3. The van der Waals surface area contributed by atoms with E-state index in [-0.39, 0.29) is 11.8 Å². The average molecular weight is 385 g/mol. The van der Waals surface area contributed by atoms with Crippen LogP contribution in [-0.4, -0.2) is 67.4 Å². The maximum atomic E-state index is 12.2. The van der Waals surface area contributed by atoms with Gasteiger partial charge in [-0.1, -0.05) is 0 Å². The Morgan fingerprint density at radius 2 is 1.79 bits per heavy atom. The van der Waals surface area contributed by atoms with Crippen LogP contribution in [0.2, 0.25) is 0 Å². The number of nitrogens with one attached hydrogen (secondary N) is 1. The van der Waals surface area contributed by atoms with E-state index in [4.69, 9.17) is 4.42 Å². The Bertz CT molecular complexity index is 809. The first-order valence-electron chi connectivity index (χ1n) is 9.10. The number of rotatable bonds is 6. The smallest absolute Gasteiger partial charge is 0.337 e. The Morgan fingerprint density at radius 1 is 1.07 bits per heavy atom. The van der Waals surface area contributed by atoms with Crippen LogP contribution >= 0.6 is 0 Å². The fourth-order valence-corrected chi connectivity index (χ4v) is 3.02. The molecule has 8 heteroatoms. The van der Waals surface area contributed by atoms with Gasteiger partial charge in [0.1, 0.15) is 0 Å². The normalized spacial score (nSPS) is 14.5. The lowest BCUT2D eigenvalue weighted by atomic mass is 10.2. The predicted molar refractivity (Wildman–Crippen MR) is 102 cm³/mol. The molecular weight excluding hydrogens is 362 g/mol. The number of ether oxygens (including phenoxy) is 1. The van der Waals surface area contributed by atoms with Gasteiger partial charge in [-0.3, -0.25) is 14.5 Å². The number of furan rings is 1. The van der Waals surface area contributed by atoms with Crippen molar-refractivity contribution in [1.29, 1.82) is 0 Å². The third kappa shape index (κ3) is 4.98. The maximum absolute atomic E-state index is 12.2. The highest BCUT2D eigenvalue weighted by Gasteiger charge is 2.23. The van der Waals surface area contributed by atoms with Crippen molar-refractivity contribution in [2.75, 3.05) is 45.2 Å². The van der Waals surface area contributed by atoms with Crippen molar-refractivity contribution in [2.45, 2.75) is 6.42 Å². The molecule has 1 fully saturated rings. The second kappa shape index (κ2) is 9.18. The van der Waals surface area contributed by atoms with E-state index in [1.807, 2.05) is 0 Å². The first-order valence-corrected chi connectivity index (χ1v) is 9.10. The van der Waals surface area contributed by atoms with Crippen LogP contribution in [0.4, 0.5) is 5.69 Å². The molecule has 28 heavy (non-hydrogen) atoms. The van der Waals surface area contributed by atoms with E-state index in [0.29, 0.717) is 56.2 Å². The molecule has 2 heterocycles. The number of nitrogens with zero attached hydrogens (tertiary/aromatic N) is 2. The molecule has 2 aromatic rings. The summed E-state index contributed by atoms with van der Waals surface area (Å²) in [5.41, 5.74) is 1.06. The van der Waals surface area contributed by atoms with Crippen LogP contribution < -0.4 is 5.32 Å². The lowest BCUT2D eigenvalue weighted by Gasteiger charge is -2.34. The molecule has 0 saturated carbocycles. The molecule has 0 unspecified atom stereocenters. The Morgan fingerprint density at radius 3 is 2.39 bits per heavy atom. The molecule has 1 saturated heterocycles. The monoisotopic (exact) mass is 385 g/mol. The zero-order chi connectivity index (χ0) is 19.9. The van der Waals surface area contributed by atoms with Crippen molar-refractivity contribution >= 4 is 23.5 Å². The average Bonchev–Trinajstić information content (AvgIpc) is 3.27. The van der Waals surface area contributed by atoms with Gasteiger partial charge >= 0.3 is 5.97 Å². The van der Waals surface area contributed by atoms with E-state index < -0.39 is 5.97 Å². The molecule has 0 atom stereocenters. The summed E-state index contributed by atoms with van der Waals surface area (Å²) in [7, 11) is 1.32. The SMILES string of the molecule is COC(=O)c1ccc(NC(=O)CCN2CCN(C(=O)c3ccco3)CC2)cc1. The van der Waals surface area contributed by atoms with Gasteiger partial charge < -0.3 is 19.4 Å². The van der Waals surface area contributed by atoms with Crippen LogP contribution in [0.1, 0.15) is 27.3 Å². The van der Waals surface area contributed by atoms with Gasteiger partial charge in [0.15, 0.2) is 5.76 Å². The standard InChI is InChI=1S/C20H23N3O5/c1-27-20(26)15-4-6-16(7-5-15)21-18(24)8-9-22-10-12-23(13-11-22)19(25)17-3-2-14-28-17/h2-7,14H,8-13H2,1H3,(H,21,24). The van der Waals surface area contributed by atoms with Gasteiger partial charge in [-0.15, -0.1) is 0 Å². The molecule has 2 amide bonds. The van der Waals surface area contributed by atoms with Gasteiger partial charge in [0.25, 0.3) is 5.91 Å². The van der Waals surface area contributed by atoms with Crippen molar-refractivity contribution in [1.82, 2.24) is 9.80 Å². The molecule has 0 bridgehead atoms. The highest BCUT2D eigenvalue weighted by Crippen LogP contribution is 2.12. The number of benzene rings is 1. The van der Waals surface area contributed by atoms with Gasteiger partial charge in [0, 0.05) is 44.8 Å². The fraction of sp³-hybridized carbons (Fsp3) is 0.350. The van der Waals surface area contributed by atoms with Crippen molar-refractivity contribution in [3.05, 3.63) is 54.0 Å². The molecule has 3 rings (SSSR count). The molecule has 8 nitrogen and oxygen atoms in total. The van der Waals surface area contributed by atoms with E-state index in [9.17, 15) is 14.4 Å². The van der Waals surface area contributed by atoms with E-state index in [1.165, 1.54) is 13.4 Å². The third-order valence-electron chi connectivity index (χ3n) is 4.64. The molecule has 0 spiro atoms. The van der Waals surface area contributed by atoms with Crippen molar-refractivity contribution in [2.24, 2.45) is 0 Å².